The zero-order chi connectivity index (χ0) is 18.4. The number of halogens is 3. The number of hydrogen-bond donors (Lipinski definition) is 1. The van der Waals surface area contributed by atoms with E-state index < -0.39 is 23.6 Å². The van der Waals surface area contributed by atoms with Crippen LogP contribution >= 0.6 is 0 Å². The molecule has 3 rings (SSSR count). The molecule has 1 aliphatic carbocycles. The van der Waals surface area contributed by atoms with Crippen LogP contribution in [-0.4, -0.2) is 28.8 Å². The van der Waals surface area contributed by atoms with Crippen molar-refractivity contribution in [2.24, 2.45) is 17.6 Å². The molecule has 9 heteroatoms. The molecule has 0 bridgehead atoms. The van der Waals surface area contributed by atoms with Gasteiger partial charge in [-0.25, -0.2) is 0 Å². The summed E-state index contributed by atoms with van der Waals surface area (Å²) in [6.45, 7) is 1.89. The molecule has 0 spiro atoms. The second-order valence-electron chi connectivity index (χ2n) is 6.12. The molecule has 1 saturated carbocycles. The highest BCUT2D eigenvalue weighted by Gasteiger charge is 2.65. The van der Waals surface area contributed by atoms with E-state index >= 15 is 0 Å². The second-order valence-corrected chi connectivity index (χ2v) is 6.12. The first-order chi connectivity index (χ1) is 11.7. The summed E-state index contributed by atoms with van der Waals surface area (Å²) in [5, 5.41) is 3.34. The van der Waals surface area contributed by atoms with Gasteiger partial charge in [-0.15, -0.1) is 0 Å². The van der Waals surface area contributed by atoms with Gasteiger partial charge in [0.1, 0.15) is 0 Å². The van der Waals surface area contributed by atoms with E-state index in [-0.39, 0.29) is 17.7 Å². The highest BCUT2D eigenvalue weighted by molar-refractivity contribution is 5.82. The molecule has 0 saturated heterocycles. The number of nitrogens with two attached hydrogens (primary N) is 1. The van der Waals surface area contributed by atoms with Gasteiger partial charge in [0.05, 0.1) is 11.5 Å². The monoisotopic (exact) mass is 355 g/mol. The molecule has 1 aliphatic rings. The standard InChI is InChI=1S/C16H16F3N3O3/c1-8-11(12(20)23)15(8,24-2)7-9-3-5-10(6-4-9)13-21-14(25-22-13)16(17,18)19/h3-6,8,11H,7H2,1-2H3,(H2,20,23). The first-order valence-electron chi connectivity index (χ1n) is 7.53. The van der Waals surface area contributed by atoms with Gasteiger partial charge in [-0.2, -0.15) is 18.2 Å². The number of benzene rings is 1. The molecule has 2 N–H and O–H groups in total. The number of aromatic nitrogens is 2. The third kappa shape index (κ3) is 2.99. The maximum atomic E-state index is 12.5. The molecule has 2 aromatic rings. The van der Waals surface area contributed by atoms with Crippen LogP contribution in [0.3, 0.4) is 0 Å². The van der Waals surface area contributed by atoms with Crippen LogP contribution < -0.4 is 5.73 Å². The predicted molar refractivity (Wildman–Crippen MR) is 80.0 cm³/mol. The number of amides is 1. The average Bonchev–Trinajstić information content (AvgIpc) is 2.91. The minimum absolute atomic E-state index is 0.00114. The molecule has 25 heavy (non-hydrogen) atoms. The zero-order valence-corrected chi connectivity index (χ0v) is 13.5. The van der Waals surface area contributed by atoms with Gasteiger partial charge in [0.25, 0.3) is 0 Å². The van der Waals surface area contributed by atoms with Crippen LogP contribution in [0.2, 0.25) is 0 Å². The molecule has 3 atom stereocenters. The number of hydrogen-bond acceptors (Lipinski definition) is 5. The Labute approximate surface area is 141 Å². The fourth-order valence-corrected chi connectivity index (χ4v) is 3.29. The van der Waals surface area contributed by atoms with E-state index in [1.165, 1.54) is 7.11 Å². The summed E-state index contributed by atoms with van der Waals surface area (Å²) < 4.78 is 47.3. The van der Waals surface area contributed by atoms with Gasteiger partial charge in [0, 0.05) is 25.0 Å². The van der Waals surface area contributed by atoms with Gasteiger partial charge in [-0.3, -0.25) is 4.79 Å². The molecular weight excluding hydrogens is 339 g/mol. The molecule has 134 valence electrons. The normalized spacial score (nSPS) is 25.8. The van der Waals surface area contributed by atoms with Crippen molar-refractivity contribution in [1.82, 2.24) is 10.1 Å². The molecule has 6 nitrogen and oxygen atoms in total. The Bertz CT molecular complexity index is 788. The number of methoxy groups -OCH3 is 1. The third-order valence-electron chi connectivity index (χ3n) is 4.74. The molecule has 1 aromatic carbocycles. The average molecular weight is 355 g/mol. The van der Waals surface area contributed by atoms with Gasteiger partial charge in [-0.05, 0) is 5.56 Å². The topological polar surface area (TPSA) is 91.2 Å². The first kappa shape index (κ1) is 17.4. The van der Waals surface area contributed by atoms with Crippen molar-refractivity contribution in [2.45, 2.75) is 25.1 Å². The molecular formula is C16H16F3N3O3. The van der Waals surface area contributed by atoms with Crippen molar-refractivity contribution in [2.75, 3.05) is 7.11 Å². The Morgan fingerprint density at radius 2 is 2.00 bits per heavy atom. The summed E-state index contributed by atoms with van der Waals surface area (Å²) in [5.41, 5.74) is 6.01. The zero-order valence-electron chi connectivity index (χ0n) is 13.5. The lowest BCUT2D eigenvalue weighted by Gasteiger charge is -2.16. The Hall–Kier alpha value is -2.42. The maximum Gasteiger partial charge on any atom is 0.471 e. The van der Waals surface area contributed by atoms with E-state index in [1.807, 2.05) is 6.92 Å². The van der Waals surface area contributed by atoms with Crippen LogP contribution in [0.5, 0.6) is 0 Å². The molecule has 1 heterocycles. The quantitative estimate of drug-likeness (QED) is 0.889. The number of carbonyl (C=O) groups excluding carboxylic acids is 1. The van der Waals surface area contributed by atoms with Crippen molar-refractivity contribution in [3.05, 3.63) is 35.7 Å². The van der Waals surface area contributed by atoms with E-state index in [4.69, 9.17) is 10.5 Å². The van der Waals surface area contributed by atoms with Gasteiger partial charge < -0.3 is 15.0 Å². The van der Waals surface area contributed by atoms with Crippen LogP contribution in [0.1, 0.15) is 18.4 Å². The fourth-order valence-electron chi connectivity index (χ4n) is 3.29. The number of rotatable bonds is 5. The Balaban J connectivity index is 1.77. The number of primary amides is 1. The van der Waals surface area contributed by atoms with Gasteiger partial charge in [-0.1, -0.05) is 36.3 Å². The predicted octanol–water partition coefficient (Wildman–Crippen LogP) is 2.43. The minimum Gasteiger partial charge on any atom is -0.377 e. The number of carbonyl (C=O) groups is 1. The van der Waals surface area contributed by atoms with Crippen LogP contribution in [-0.2, 0) is 22.1 Å². The van der Waals surface area contributed by atoms with Crippen molar-refractivity contribution in [3.63, 3.8) is 0 Å². The summed E-state index contributed by atoms with van der Waals surface area (Å²) >= 11 is 0. The van der Waals surface area contributed by atoms with Gasteiger partial charge in [0.2, 0.25) is 11.7 Å². The lowest BCUT2D eigenvalue weighted by molar-refractivity contribution is -0.159. The maximum absolute atomic E-state index is 12.5. The number of alkyl halides is 3. The number of ether oxygens (including phenoxy) is 1. The highest BCUT2D eigenvalue weighted by atomic mass is 19.4. The Kier molecular flexibility index (Phi) is 4.06. The molecule has 3 unspecified atom stereocenters. The largest absolute Gasteiger partial charge is 0.471 e. The van der Waals surface area contributed by atoms with Gasteiger partial charge in [0.15, 0.2) is 0 Å². The molecule has 1 aromatic heterocycles. The van der Waals surface area contributed by atoms with E-state index in [0.717, 1.165) is 5.56 Å². The Morgan fingerprint density at radius 1 is 1.36 bits per heavy atom. The van der Waals surface area contributed by atoms with Crippen molar-refractivity contribution in [3.8, 4) is 11.4 Å². The third-order valence-corrected chi connectivity index (χ3v) is 4.74. The molecule has 0 aliphatic heterocycles. The summed E-state index contributed by atoms with van der Waals surface area (Å²) in [7, 11) is 1.53. The second kappa shape index (κ2) is 5.83. The van der Waals surface area contributed by atoms with Gasteiger partial charge >= 0.3 is 12.1 Å². The van der Waals surface area contributed by atoms with Crippen molar-refractivity contribution < 1.29 is 27.2 Å². The summed E-state index contributed by atoms with van der Waals surface area (Å²) in [6, 6.07) is 6.64. The minimum atomic E-state index is -4.68. The van der Waals surface area contributed by atoms with Crippen LogP contribution in [0, 0.1) is 11.8 Å². The van der Waals surface area contributed by atoms with Crippen molar-refractivity contribution in [1.29, 1.82) is 0 Å². The van der Waals surface area contributed by atoms with E-state index in [1.54, 1.807) is 24.3 Å². The smallest absolute Gasteiger partial charge is 0.377 e. The molecule has 0 radical (unpaired) electrons. The first-order valence-corrected chi connectivity index (χ1v) is 7.53. The lowest BCUT2D eigenvalue weighted by atomic mass is 10.0. The van der Waals surface area contributed by atoms with Crippen LogP contribution in [0.4, 0.5) is 13.2 Å². The summed E-state index contributed by atoms with van der Waals surface area (Å²) in [4.78, 5) is 14.8. The number of nitrogens with zero attached hydrogens (tertiary/aromatic N) is 2. The Morgan fingerprint density at radius 3 is 2.44 bits per heavy atom. The van der Waals surface area contributed by atoms with Crippen molar-refractivity contribution >= 4 is 5.91 Å². The lowest BCUT2D eigenvalue weighted by Crippen LogP contribution is -2.26. The summed E-state index contributed by atoms with van der Waals surface area (Å²) in [6.07, 6.45) is -4.21. The van der Waals surface area contributed by atoms with E-state index in [9.17, 15) is 18.0 Å². The van der Waals surface area contributed by atoms with E-state index in [2.05, 4.69) is 14.7 Å². The fraction of sp³-hybridized carbons (Fsp3) is 0.438. The highest BCUT2D eigenvalue weighted by Crippen LogP contribution is 2.54. The van der Waals surface area contributed by atoms with E-state index in [0.29, 0.717) is 12.0 Å². The SMILES string of the molecule is COC1(Cc2ccc(-c3noc(C(F)(F)F)n3)cc2)C(C)C1C(N)=O. The van der Waals surface area contributed by atoms with Crippen LogP contribution in [0.15, 0.2) is 28.8 Å². The molecule has 1 amide bonds. The summed E-state index contributed by atoms with van der Waals surface area (Å²) in [5.74, 6) is -2.29. The molecule has 1 fully saturated rings. The van der Waals surface area contributed by atoms with Crippen LogP contribution in [0.25, 0.3) is 11.4 Å².